The second-order valence-corrected chi connectivity index (χ2v) is 5.23. The van der Waals surface area contributed by atoms with Gasteiger partial charge in [-0.25, -0.2) is 4.39 Å². The van der Waals surface area contributed by atoms with E-state index < -0.39 is 0 Å². The van der Waals surface area contributed by atoms with Crippen molar-refractivity contribution in [1.82, 2.24) is 9.78 Å². The molecule has 1 heterocycles. The monoisotopic (exact) mass is 275 g/mol. The minimum atomic E-state index is -0.187. The highest BCUT2D eigenvalue weighted by Crippen LogP contribution is 2.16. The van der Waals surface area contributed by atoms with Crippen molar-refractivity contribution in [2.45, 2.75) is 33.2 Å². The number of rotatable bonds is 6. The lowest BCUT2D eigenvalue weighted by atomic mass is 9.94. The zero-order valence-corrected chi connectivity index (χ0v) is 12.1. The van der Waals surface area contributed by atoms with Crippen LogP contribution in [-0.4, -0.2) is 16.3 Å². The standard InChI is InChI=1S/C16H22FN3/c1-3-20-16(7-12(2)19-20)10-14(11-18)8-13-5-4-6-15(17)9-13/h4-7,9,14H,3,8,10-11,18H2,1-2H3. The number of hydrogen-bond donors (Lipinski definition) is 1. The fourth-order valence-corrected chi connectivity index (χ4v) is 2.57. The first kappa shape index (κ1) is 14.7. The first-order valence-corrected chi connectivity index (χ1v) is 7.10. The summed E-state index contributed by atoms with van der Waals surface area (Å²) in [5.41, 5.74) is 9.12. The van der Waals surface area contributed by atoms with Crippen molar-refractivity contribution in [3.8, 4) is 0 Å². The molecule has 0 saturated carbocycles. The Kier molecular flexibility index (Phi) is 4.90. The van der Waals surface area contributed by atoms with E-state index in [1.807, 2.05) is 17.7 Å². The average Bonchev–Trinajstić information content (AvgIpc) is 2.78. The van der Waals surface area contributed by atoms with Crippen LogP contribution < -0.4 is 5.73 Å². The van der Waals surface area contributed by atoms with Crippen molar-refractivity contribution in [2.24, 2.45) is 11.7 Å². The molecule has 2 rings (SSSR count). The van der Waals surface area contributed by atoms with Crippen LogP contribution in [0.15, 0.2) is 30.3 Å². The van der Waals surface area contributed by atoms with Crippen LogP contribution in [0.2, 0.25) is 0 Å². The Balaban J connectivity index is 2.08. The van der Waals surface area contributed by atoms with Gasteiger partial charge in [0.15, 0.2) is 0 Å². The molecule has 2 aromatic rings. The summed E-state index contributed by atoms with van der Waals surface area (Å²) in [5, 5.41) is 4.45. The lowest BCUT2D eigenvalue weighted by Gasteiger charge is -2.15. The van der Waals surface area contributed by atoms with Gasteiger partial charge in [-0.15, -0.1) is 0 Å². The van der Waals surface area contributed by atoms with Crippen LogP contribution >= 0.6 is 0 Å². The molecule has 3 nitrogen and oxygen atoms in total. The van der Waals surface area contributed by atoms with E-state index in [2.05, 4.69) is 18.1 Å². The Morgan fingerprint density at radius 2 is 2.10 bits per heavy atom. The summed E-state index contributed by atoms with van der Waals surface area (Å²) in [4.78, 5) is 0. The van der Waals surface area contributed by atoms with Crippen molar-refractivity contribution in [3.05, 3.63) is 53.1 Å². The van der Waals surface area contributed by atoms with E-state index in [0.717, 1.165) is 30.6 Å². The molecule has 0 saturated heterocycles. The molecular formula is C16H22FN3. The molecule has 0 fully saturated rings. The first-order chi connectivity index (χ1) is 9.62. The summed E-state index contributed by atoms with van der Waals surface area (Å²) in [6.07, 6.45) is 1.67. The number of nitrogens with zero attached hydrogens (tertiary/aromatic N) is 2. The van der Waals surface area contributed by atoms with Gasteiger partial charge in [-0.05, 0) is 62.9 Å². The summed E-state index contributed by atoms with van der Waals surface area (Å²) in [6.45, 7) is 5.53. The molecule has 0 bridgehead atoms. The van der Waals surface area contributed by atoms with Crippen LogP contribution in [0.5, 0.6) is 0 Å². The Bertz CT molecular complexity index is 563. The molecule has 0 aliphatic rings. The molecule has 0 spiro atoms. The quantitative estimate of drug-likeness (QED) is 0.881. The molecule has 108 valence electrons. The van der Waals surface area contributed by atoms with Crippen molar-refractivity contribution < 1.29 is 4.39 Å². The van der Waals surface area contributed by atoms with Crippen molar-refractivity contribution >= 4 is 0 Å². The topological polar surface area (TPSA) is 43.8 Å². The Morgan fingerprint density at radius 3 is 2.75 bits per heavy atom. The van der Waals surface area contributed by atoms with Gasteiger partial charge in [0, 0.05) is 12.2 Å². The zero-order valence-electron chi connectivity index (χ0n) is 12.1. The fourth-order valence-electron chi connectivity index (χ4n) is 2.57. The molecule has 1 unspecified atom stereocenters. The van der Waals surface area contributed by atoms with Gasteiger partial charge in [0.2, 0.25) is 0 Å². The smallest absolute Gasteiger partial charge is 0.123 e. The average molecular weight is 275 g/mol. The van der Waals surface area contributed by atoms with Gasteiger partial charge >= 0.3 is 0 Å². The molecule has 20 heavy (non-hydrogen) atoms. The van der Waals surface area contributed by atoms with Gasteiger partial charge in [-0.2, -0.15) is 5.10 Å². The SMILES string of the molecule is CCn1nc(C)cc1CC(CN)Cc1cccc(F)c1. The fraction of sp³-hybridized carbons (Fsp3) is 0.438. The molecule has 1 atom stereocenters. The van der Waals surface area contributed by atoms with Gasteiger partial charge in [0.05, 0.1) is 5.69 Å². The van der Waals surface area contributed by atoms with E-state index in [0.29, 0.717) is 12.5 Å². The summed E-state index contributed by atoms with van der Waals surface area (Å²) in [6, 6.07) is 8.87. The number of aromatic nitrogens is 2. The lowest BCUT2D eigenvalue weighted by Crippen LogP contribution is -2.21. The minimum Gasteiger partial charge on any atom is -0.330 e. The molecule has 0 aliphatic heterocycles. The Hall–Kier alpha value is -1.68. The highest BCUT2D eigenvalue weighted by atomic mass is 19.1. The number of halogens is 1. The van der Waals surface area contributed by atoms with Gasteiger partial charge in [-0.3, -0.25) is 4.68 Å². The number of hydrogen-bond acceptors (Lipinski definition) is 2. The Labute approximate surface area is 119 Å². The molecule has 0 radical (unpaired) electrons. The van der Waals surface area contributed by atoms with Gasteiger partial charge in [-0.1, -0.05) is 12.1 Å². The summed E-state index contributed by atoms with van der Waals surface area (Å²) < 4.78 is 15.2. The van der Waals surface area contributed by atoms with Gasteiger partial charge < -0.3 is 5.73 Å². The number of nitrogens with two attached hydrogens (primary N) is 1. The molecule has 0 aliphatic carbocycles. The molecule has 2 N–H and O–H groups in total. The maximum atomic E-state index is 13.2. The van der Waals surface area contributed by atoms with Crippen LogP contribution in [0.4, 0.5) is 4.39 Å². The summed E-state index contributed by atoms with van der Waals surface area (Å²) >= 11 is 0. The van der Waals surface area contributed by atoms with E-state index in [4.69, 9.17) is 5.73 Å². The van der Waals surface area contributed by atoms with E-state index in [1.54, 1.807) is 12.1 Å². The molecule has 1 aromatic heterocycles. The molecule has 4 heteroatoms. The molecule has 0 amide bonds. The lowest BCUT2D eigenvalue weighted by molar-refractivity contribution is 0.497. The van der Waals surface area contributed by atoms with Crippen LogP contribution in [0, 0.1) is 18.7 Å². The van der Waals surface area contributed by atoms with Crippen molar-refractivity contribution in [1.29, 1.82) is 0 Å². The predicted octanol–water partition coefficient (Wildman–Crippen LogP) is 2.71. The second kappa shape index (κ2) is 6.66. The van der Waals surface area contributed by atoms with Crippen LogP contribution in [0.1, 0.15) is 23.9 Å². The highest BCUT2D eigenvalue weighted by molar-refractivity contribution is 5.18. The Morgan fingerprint density at radius 1 is 1.30 bits per heavy atom. The molecule has 1 aromatic carbocycles. The third-order valence-corrected chi connectivity index (χ3v) is 3.53. The predicted molar refractivity (Wildman–Crippen MR) is 79.0 cm³/mol. The van der Waals surface area contributed by atoms with E-state index >= 15 is 0 Å². The maximum Gasteiger partial charge on any atom is 0.123 e. The van der Waals surface area contributed by atoms with Crippen LogP contribution in [0.25, 0.3) is 0 Å². The first-order valence-electron chi connectivity index (χ1n) is 7.10. The normalized spacial score (nSPS) is 12.6. The third kappa shape index (κ3) is 3.67. The van der Waals surface area contributed by atoms with Crippen LogP contribution in [0.3, 0.4) is 0 Å². The van der Waals surface area contributed by atoms with Crippen LogP contribution in [-0.2, 0) is 19.4 Å². The molecular weight excluding hydrogens is 253 g/mol. The largest absolute Gasteiger partial charge is 0.330 e. The number of benzene rings is 1. The number of aryl methyl sites for hydroxylation is 2. The third-order valence-electron chi connectivity index (χ3n) is 3.53. The van der Waals surface area contributed by atoms with E-state index in [9.17, 15) is 4.39 Å². The van der Waals surface area contributed by atoms with E-state index in [-0.39, 0.29) is 5.82 Å². The second-order valence-electron chi connectivity index (χ2n) is 5.23. The minimum absolute atomic E-state index is 0.187. The van der Waals surface area contributed by atoms with E-state index in [1.165, 1.54) is 11.8 Å². The van der Waals surface area contributed by atoms with Crippen molar-refractivity contribution in [3.63, 3.8) is 0 Å². The van der Waals surface area contributed by atoms with Crippen molar-refractivity contribution in [2.75, 3.05) is 6.54 Å². The highest BCUT2D eigenvalue weighted by Gasteiger charge is 2.13. The summed E-state index contributed by atoms with van der Waals surface area (Å²) in [5.74, 6) is 0.117. The maximum absolute atomic E-state index is 13.2. The van der Waals surface area contributed by atoms with Gasteiger partial charge in [0.1, 0.15) is 5.82 Å². The van der Waals surface area contributed by atoms with Gasteiger partial charge in [0.25, 0.3) is 0 Å². The zero-order chi connectivity index (χ0) is 14.5. The summed E-state index contributed by atoms with van der Waals surface area (Å²) in [7, 11) is 0.